The number of urea groups is 1. The minimum absolute atomic E-state index is 0.160. The van der Waals surface area contributed by atoms with Crippen molar-refractivity contribution in [2.75, 3.05) is 26.2 Å². The summed E-state index contributed by atoms with van der Waals surface area (Å²) in [6, 6.07) is 11.6. The van der Waals surface area contributed by atoms with Crippen molar-refractivity contribution in [3.8, 4) is 17.2 Å². The summed E-state index contributed by atoms with van der Waals surface area (Å²) in [5.74, 6) is 0.922. The number of carbonyl (C=O) groups excluding carboxylic acids is 2. The van der Waals surface area contributed by atoms with Crippen LogP contribution in [-0.2, 0) is 4.79 Å². The zero-order valence-electron chi connectivity index (χ0n) is 14.6. The van der Waals surface area contributed by atoms with Gasteiger partial charge in [-0.05, 0) is 35.9 Å². The van der Waals surface area contributed by atoms with Crippen molar-refractivity contribution in [3.05, 3.63) is 53.7 Å². The number of benzene rings is 2. The summed E-state index contributed by atoms with van der Waals surface area (Å²) in [7, 11) is 4.53. The van der Waals surface area contributed by atoms with Crippen LogP contribution in [0.1, 0.15) is 5.56 Å². The summed E-state index contributed by atoms with van der Waals surface area (Å²) in [5.41, 5.74) is 1.29. The third-order valence-electron chi connectivity index (χ3n) is 3.89. The molecule has 2 aromatic rings. The van der Waals surface area contributed by atoms with Gasteiger partial charge in [-0.3, -0.25) is 4.79 Å². The molecule has 1 saturated heterocycles. The Bertz CT molecular complexity index is 852. The van der Waals surface area contributed by atoms with Crippen LogP contribution in [0.4, 0.5) is 10.5 Å². The number of anilines is 1. The third kappa shape index (κ3) is 3.06. The van der Waals surface area contributed by atoms with Crippen LogP contribution in [0.25, 0.3) is 6.08 Å². The third-order valence-corrected chi connectivity index (χ3v) is 3.89. The molecule has 3 amide bonds. The van der Waals surface area contributed by atoms with Gasteiger partial charge in [-0.15, -0.1) is 0 Å². The highest BCUT2D eigenvalue weighted by Crippen LogP contribution is 2.38. The topological polar surface area (TPSA) is 77.1 Å². The molecule has 26 heavy (non-hydrogen) atoms. The number of rotatable bonds is 5. The zero-order chi connectivity index (χ0) is 18.7. The predicted molar refractivity (Wildman–Crippen MR) is 96.5 cm³/mol. The molecule has 3 rings (SSSR count). The van der Waals surface area contributed by atoms with Crippen molar-refractivity contribution in [2.24, 2.45) is 0 Å². The molecular formula is C19H18N2O5. The van der Waals surface area contributed by atoms with E-state index in [4.69, 9.17) is 14.2 Å². The normalized spacial score (nSPS) is 15.2. The maximum Gasteiger partial charge on any atom is 0.333 e. The number of ether oxygens (including phenoxy) is 3. The second-order valence-corrected chi connectivity index (χ2v) is 5.42. The Balaban J connectivity index is 1.98. The number of imide groups is 1. The summed E-state index contributed by atoms with van der Waals surface area (Å²) in [6.45, 7) is 0. The van der Waals surface area contributed by atoms with E-state index in [1.54, 1.807) is 42.5 Å². The molecule has 7 nitrogen and oxygen atoms in total. The Labute approximate surface area is 150 Å². The molecular weight excluding hydrogens is 336 g/mol. The molecule has 0 radical (unpaired) electrons. The second kappa shape index (κ2) is 7.18. The molecule has 0 saturated carbocycles. The van der Waals surface area contributed by atoms with Gasteiger partial charge in [-0.1, -0.05) is 18.2 Å². The predicted octanol–water partition coefficient (Wildman–Crippen LogP) is 2.81. The first kappa shape index (κ1) is 17.3. The van der Waals surface area contributed by atoms with E-state index in [0.29, 0.717) is 28.5 Å². The van der Waals surface area contributed by atoms with Gasteiger partial charge in [-0.2, -0.15) is 0 Å². The maximum atomic E-state index is 12.6. The number of methoxy groups -OCH3 is 3. The summed E-state index contributed by atoms with van der Waals surface area (Å²) < 4.78 is 15.9. The first-order valence-corrected chi connectivity index (χ1v) is 7.81. The highest BCUT2D eigenvalue weighted by atomic mass is 16.5. The van der Waals surface area contributed by atoms with Crippen molar-refractivity contribution in [3.63, 3.8) is 0 Å². The summed E-state index contributed by atoms with van der Waals surface area (Å²) in [5, 5.41) is 2.59. The fourth-order valence-corrected chi connectivity index (χ4v) is 2.70. The second-order valence-electron chi connectivity index (χ2n) is 5.42. The van der Waals surface area contributed by atoms with E-state index in [1.165, 1.54) is 21.3 Å². The van der Waals surface area contributed by atoms with Gasteiger partial charge >= 0.3 is 6.03 Å². The number of hydrogen-bond acceptors (Lipinski definition) is 5. The van der Waals surface area contributed by atoms with E-state index < -0.39 is 11.9 Å². The van der Waals surface area contributed by atoms with Crippen molar-refractivity contribution >= 4 is 23.7 Å². The van der Waals surface area contributed by atoms with Crippen LogP contribution in [0, 0.1) is 0 Å². The van der Waals surface area contributed by atoms with E-state index >= 15 is 0 Å². The highest BCUT2D eigenvalue weighted by Gasteiger charge is 2.34. The van der Waals surface area contributed by atoms with Crippen LogP contribution in [0.15, 0.2) is 48.2 Å². The minimum Gasteiger partial charge on any atom is -0.493 e. The van der Waals surface area contributed by atoms with Crippen LogP contribution in [0.3, 0.4) is 0 Å². The first-order chi connectivity index (χ1) is 12.6. The number of para-hydroxylation sites is 1. The van der Waals surface area contributed by atoms with Gasteiger partial charge in [0.2, 0.25) is 5.75 Å². The van der Waals surface area contributed by atoms with Gasteiger partial charge in [0, 0.05) is 0 Å². The van der Waals surface area contributed by atoms with Crippen LogP contribution >= 0.6 is 0 Å². The summed E-state index contributed by atoms with van der Waals surface area (Å²) >= 11 is 0. The van der Waals surface area contributed by atoms with Gasteiger partial charge in [0.15, 0.2) is 11.5 Å². The van der Waals surface area contributed by atoms with Gasteiger partial charge < -0.3 is 19.5 Å². The Morgan fingerprint density at radius 3 is 2.08 bits per heavy atom. The standard InChI is InChI=1S/C19H18N2O5/c1-24-15-10-12(11-16(25-2)17(15)26-3)9-14-18(22)21(19(23)20-14)13-7-5-4-6-8-13/h4-11H,1-3H3,(H,20,23). The highest BCUT2D eigenvalue weighted by molar-refractivity contribution is 6.28. The first-order valence-electron chi connectivity index (χ1n) is 7.81. The lowest BCUT2D eigenvalue weighted by Gasteiger charge is -2.13. The zero-order valence-corrected chi connectivity index (χ0v) is 14.6. The molecule has 1 N–H and O–H groups in total. The van der Waals surface area contributed by atoms with E-state index in [1.807, 2.05) is 6.07 Å². The van der Waals surface area contributed by atoms with Crippen LogP contribution < -0.4 is 24.4 Å². The number of amides is 3. The molecule has 0 spiro atoms. The van der Waals surface area contributed by atoms with Crippen LogP contribution in [-0.4, -0.2) is 33.3 Å². The molecule has 0 atom stereocenters. The molecule has 0 aromatic heterocycles. The van der Waals surface area contributed by atoms with Crippen LogP contribution in [0.2, 0.25) is 0 Å². The summed E-state index contributed by atoms with van der Waals surface area (Å²) in [4.78, 5) is 25.9. The monoisotopic (exact) mass is 354 g/mol. The Hall–Kier alpha value is -3.48. The molecule has 2 aromatic carbocycles. The van der Waals surface area contributed by atoms with E-state index in [0.717, 1.165) is 4.90 Å². The van der Waals surface area contributed by atoms with Gasteiger partial charge in [0.05, 0.1) is 27.0 Å². The fourth-order valence-electron chi connectivity index (χ4n) is 2.70. The van der Waals surface area contributed by atoms with Crippen molar-refractivity contribution < 1.29 is 23.8 Å². The van der Waals surface area contributed by atoms with Gasteiger partial charge in [0.1, 0.15) is 5.70 Å². The van der Waals surface area contributed by atoms with Crippen molar-refractivity contribution in [1.29, 1.82) is 0 Å². The molecule has 7 heteroatoms. The smallest absolute Gasteiger partial charge is 0.333 e. The van der Waals surface area contributed by atoms with Gasteiger partial charge in [0.25, 0.3) is 5.91 Å². The molecule has 0 bridgehead atoms. The number of hydrogen-bond donors (Lipinski definition) is 1. The van der Waals surface area contributed by atoms with E-state index in [-0.39, 0.29) is 5.70 Å². The SMILES string of the molecule is COc1cc(C=C2NC(=O)N(c3ccccc3)C2=O)cc(OC)c1OC. The van der Waals surface area contributed by atoms with Gasteiger partial charge in [-0.25, -0.2) is 9.69 Å². The van der Waals surface area contributed by atoms with E-state index in [9.17, 15) is 9.59 Å². The lowest BCUT2D eigenvalue weighted by Crippen LogP contribution is -2.30. The Morgan fingerprint density at radius 1 is 0.923 bits per heavy atom. The van der Waals surface area contributed by atoms with Crippen molar-refractivity contribution in [1.82, 2.24) is 5.32 Å². The molecule has 0 unspecified atom stereocenters. The lowest BCUT2D eigenvalue weighted by molar-refractivity contribution is -0.113. The molecule has 1 aliphatic heterocycles. The average Bonchev–Trinajstić information content (AvgIpc) is 2.94. The summed E-state index contributed by atoms with van der Waals surface area (Å²) in [6.07, 6.45) is 1.56. The minimum atomic E-state index is -0.500. The fraction of sp³-hybridized carbons (Fsp3) is 0.158. The number of carbonyl (C=O) groups is 2. The maximum absolute atomic E-state index is 12.6. The molecule has 134 valence electrons. The number of nitrogens with zero attached hydrogens (tertiary/aromatic N) is 1. The molecule has 0 aliphatic carbocycles. The average molecular weight is 354 g/mol. The van der Waals surface area contributed by atoms with E-state index in [2.05, 4.69) is 5.32 Å². The molecule has 1 aliphatic rings. The molecule has 1 heterocycles. The molecule has 1 fully saturated rings. The van der Waals surface area contributed by atoms with Crippen LogP contribution in [0.5, 0.6) is 17.2 Å². The van der Waals surface area contributed by atoms with Crippen molar-refractivity contribution in [2.45, 2.75) is 0 Å². The quantitative estimate of drug-likeness (QED) is 0.660. The Kier molecular flexibility index (Phi) is 4.79. The largest absolute Gasteiger partial charge is 0.493 e. The lowest BCUT2D eigenvalue weighted by atomic mass is 10.1. The number of nitrogens with one attached hydrogen (secondary N) is 1. The Morgan fingerprint density at radius 2 is 1.54 bits per heavy atom.